The number of halogens is 1. The third-order valence-corrected chi connectivity index (χ3v) is 6.29. The van der Waals surface area contributed by atoms with Gasteiger partial charge in [-0.1, -0.05) is 35.9 Å². The number of hydrogen-bond acceptors (Lipinski definition) is 4. The van der Waals surface area contributed by atoms with Gasteiger partial charge in [-0.15, -0.1) is 0 Å². The number of carbonyl (C=O) groups is 1. The molecule has 0 unspecified atom stereocenters. The smallest absolute Gasteiger partial charge is 0.225 e. The second-order valence-electron chi connectivity index (χ2n) is 7.23. The number of aromatic nitrogens is 3. The van der Waals surface area contributed by atoms with Gasteiger partial charge in [-0.05, 0) is 41.8 Å². The van der Waals surface area contributed by atoms with Gasteiger partial charge in [-0.25, -0.2) is 9.97 Å². The van der Waals surface area contributed by atoms with Crippen LogP contribution in [0.2, 0.25) is 5.02 Å². The van der Waals surface area contributed by atoms with Crippen LogP contribution in [-0.2, 0) is 11.8 Å². The summed E-state index contributed by atoms with van der Waals surface area (Å²) in [6, 6.07) is 12.2. The highest BCUT2D eigenvalue weighted by Gasteiger charge is 2.44. The zero-order valence-electron chi connectivity index (χ0n) is 16.0. The van der Waals surface area contributed by atoms with Gasteiger partial charge in [0.2, 0.25) is 5.91 Å². The van der Waals surface area contributed by atoms with E-state index in [-0.39, 0.29) is 11.8 Å². The van der Waals surface area contributed by atoms with Crippen molar-refractivity contribution < 1.29 is 4.79 Å². The summed E-state index contributed by atoms with van der Waals surface area (Å²) in [7, 11) is 5.61. The first kappa shape index (κ1) is 19.0. The van der Waals surface area contributed by atoms with Gasteiger partial charge in [0.1, 0.15) is 15.7 Å². The summed E-state index contributed by atoms with van der Waals surface area (Å²) >= 11 is 7.49. The SMILES string of the molecule is CN(C)C(=O)[C@@H]1C[C@H]1c1ccc(-c2ncn(C)c2Sc2ccc(Cl)cn2)cc1. The maximum absolute atomic E-state index is 12.1. The van der Waals surface area contributed by atoms with Crippen molar-refractivity contribution in [3.8, 4) is 11.3 Å². The maximum atomic E-state index is 12.1. The topological polar surface area (TPSA) is 51.0 Å². The van der Waals surface area contributed by atoms with Crippen molar-refractivity contribution in [1.29, 1.82) is 0 Å². The Balaban J connectivity index is 1.54. The third-order valence-electron chi connectivity index (χ3n) is 4.95. The van der Waals surface area contributed by atoms with Crippen LogP contribution < -0.4 is 0 Å². The minimum Gasteiger partial charge on any atom is -0.349 e. The Morgan fingerprint density at radius 1 is 1.18 bits per heavy atom. The van der Waals surface area contributed by atoms with E-state index < -0.39 is 0 Å². The van der Waals surface area contributed by atoms with Crippen LogP contribution in [-0.4, -0.2) is 39.4 Å². The quantitative estimate of drug-likeness (QED) is 0.620. The van der Waals surface area contributed by atoms with Crippen LogP contribution in [0, 0.1) is 5.92 Å². The highest BCUT2D eigenvalue weighted by atomic mass is 35.5. The van der Waals surface area contributed by atoms with Crippen LogP contribution in [0.1, 0.15) is 17.9 Å². The van der Waals surface area contributed by atoms with E-state index in [9.17, 15) is 4.79 Å². The van der Waals surface area contributed by atoms with E-state index in [0.29, 0.717) is 10.9 Å². The molecule has 1 aliphatic rings. The summed E-state index contributed by atoms with van der Waals surface area (Å²) in [4.78, 5) is 22.7. The van der Waals surface area contributed by atoms with Crippen molar-refractivity contribution in [2.24, 2.45) is 13.0 Å². The Bertz CT molecular complexity index is 998. The molecule has 3 aromatic rings. The number of amides is 1. The summed E-state index contributed by atoms with van der Waals surface area (Å²) in [5.74, 6) is 0.672. The second-order valence-corrected chi connectivity index (χ2v) is 8.67. The molecule has 1 saturated carbocycles. The summed E-state index contributed by atoms with van der Waals surface area (Å²) < 4.78 is 2.00. The van der Waals surface area contributed by atoms with E-state index in [1.165, 1.54) is 5.56 Å². The van der Waals surface area contributed by atoms with Crippen molar-refractivity contribution in [2.45, 2.75) is 22.4 Å². The molecule has 2 heterocycles. The zero-order valence-corrected chi connectivity index (χ0v) is 17.5. The average molecular weight is 413 g/mol. The summed E-state index contributed by atoms with van der Waals surface area (Å²) in [5.41, 5.74) is 3.19. The number of carbonyl (C=O) groups excluding carboxylic acids is 1. The van der Waals surface area contributed by atoms with E-state index in [2.05, 4.69) is 34.2 Å². The van der Waals surface area contributed by atoms with Crippen LogP contribution >= 0.6 is 23.4 Å². The molecule has 1 aliphatic carbocycles. The molecule has 1 aromatic carbocycles. The van der Waals surface area contributed by atoms with Crippen molar-refractivity contribution in [2.75, 3.05) is 14.1 Å². The number of nitrogens with zero attached hydrogens (tertiary/aromatic N) is 4. The lowest BCUT2D eigenvalue weighted by Gasteiger charge is -2.10. The lowest BCUT2D eigenvalue weighted by atomic mass is 10.0. The number of hydrogen-bond donors (Lipinski definition) is 0. The van der Waals surface area contributed by atoms with Gasteiger partial charge in [-0.3, -0.25) is 4.79 Å². The molecule has 4 rings (SSSR count). The normalized spacial score (nSPS) is 18.1. The highest BCUT2D eigenvalue weighted by Crippen LogP contribution is 2.48. The largest absolute Gasteiger partial charge is 0.349 e. The fourth-order valence-corrected chi connectivity index (χ4v) is 4.32. The predicted octanol–water partition coefficient (Wildman–Crippen LogP) is 4.48. The lowest BCUT2D eigenvalue weighted by molar-refractivity contribution is -0.130. The molecule has 7 heteroatoms. The molecule has 0 spiro atoms. The van der Waals surface area contributed by atoms with Gasteiger partial charge >= 0.3 is 0 Å². The van der Waals surface area contributed by atoms with Crippen molar-refractivity contribution in [3.63, 3.8) is 0 Å². The number of benzene rings is 1. The summed E-state index contributed by atoms with van der Waals surface area (Å²) in [5, 5.41) is 2.51. The van der Waals surface area contributed by atoms with Crippen LogP contribution in [0.25, 0.3) is 11.3 Å². The average Bonchev–Trinajstić information content (AvgIpc) is 3.41. The standard InChI is InChI=1S/C21H21ClN4OS/c1-25(2)20(27)17-10-16(17)13-4-6-14(7-5-13)19-21(26(3)12-24-19)28-18-9-8-15(22)11-23-18/h4-9,11-12,16-17H,10H2,1-3H3/t16-,17+/m0/s1. The fourth-order valence-electron chi connectivity index (χ4n) is 3.32. The molecule has 5 nitrogen and oxygen atoms in total. The lowest BCUT2D eigenvalue weighted by Crippen LogP contribution is -2.23. The molecule has 1 amide bonds. The van der Waals surface area contributed by atoms with E-state index in [4.69, 9.17) is 11.6 Å². The molecule has 1 fully saturated rings. The molecule has 28 heavy (non-hydrogen) atoms. The molecule has 0 saturated heterocycles. The van der Waals surface area contributed by atoms with Gasteiger partial charge in [0.05, 0.1) is 11.3 Å². The Kier molecular flexibility index (Phi) is 5.17. The molecule has 144 valence electrons. The number of aryl methyl sites for hydroxylation is 1. The first-order valence-corrected chi connectivity index (χ1v) is 10.3. The highest BCUT2D eigenvalue weighted by molar-refractivity contribution is 7.99. The molecule has 0 bridgehead atoms. The number of pyridine rings is 1. The van der Waals surface area contributed by atoms with Crippen LogP contribution in [0.4, 0.5) is 0 Å². The predicted molar refractivity (Wildman–Crippen MR) is 112 cm³/mol. The second kappa shape index (κ2) is 7.60. The van der Waals surface area contributed by atoms with Crippen LogP contribution in [0.3, 0.4) is 0 Å². The van der Waals surface area contributed by atoms with Gasteiger partial charge in [0.15, 0.2) is 0 Å². The zero-order chi connectivity index (χ0) is 19.8. The molecule has 0 radical (unpaired) electrons. The minimum atomic E-state index is 0.123. The first-order chi connectivity index (χ1) is 13.4. The van der Waals surface area contributed by atoms with Gasteiger partial charge < -0.3 is 9.47 Å². The van der Waals surface area contributed by atoms with Gasteiger partial charge in [0.25, 0.3) is 0 Å². The Hall–Kier alpha value is -2.31. The molecular formula is C21H21ClN4OS. The molecular weight excluding hydrogens is 392 g/mol. The fraction of sp³-hybridized carbons (Fsp3) is 0.286. The van der Waals surface area contributed by atoms with Gasteiger partial charge in [0, 0.05) is 38.8 Å². The Morgan fingerprint density at radius 2 is 1.93 bits per heavy atom. The Labute approximate surface area is 173 Å². The molecule has 2 atom stereocenters. The minimum absolute atomic E-state index is 0.123. The molecule has 0 N–H and O–H groups in total. The van der Waals surface area contributed by atoms with E-state index in [0.717, 1.165) is 27.7 Å². The first-order valence-electron chi connectivity index (χ1n) is 9.06. The molecule has 2 aromatic heterocycles. The van der Waals surface area contributed by atoms with Crippen molar-refractivity contribution in [1.82, 2.24) is 19.4 Å². The van der Waals surface area contributed by atoms with Crippen molar-refractivity contribution in [3.05, 3.63) is 59.5 Å². The van der Waals surface area contributed by atoms with Crippen LogP contribution in [0.15, 0.2) is 59.0 Å². The van der Waals surface area contributed by atoms with Crippen LogP contribution in [0.5, 0.6) is 0 Å². The maximum Gasteiger partial charge on any atom is 0.225 e. The molecule has 0 aliphatic heterocycles. The van der Waals surface area contributed by atoms with E-state index in [1.807, 2.05) is 44.2 Å². The summed E-state index contributed by atoms with van der Waals surface area (Å²) in [6.07, 6.45) is 4.40. The number of rotatable bonds is 5. The van der Waals surface area contributed by atoms with Gasteiger partial charge in [-0.2, -0.15) is 0 Å². The Morgan fingerprint density at radius 3 is 2.57 bits per heavy atom. The number of imidazole rings is 1. The van der Waals surface area contributed by atoms with Crippen molar-refractivity contribution >= 4 is 29.3 Å². The summed E-state index contributed by atoms with van der Waals surface area (Å²) in [6.45, 7) is 0. The monoisotopic (exact) mass is 412 g/mol. The van der Waals surface area contributed by atoms with E-state index in [1.54, 1.807) is 22.9 Å². The third kappa shape index (κ3) is 3.80. The van der Waals surface area contributed by atoms with E-state index >= 15 is 0 Å².